The van der Waals surface area contributed by atoms with Gasteiger partial charge in [0.15, 0.2) is 0 Å². The van der Waals surface area contributed by atoms with Gasteiger partial charge < -0.3 is 15.0 Å². The van der Waals surface area contributed by atoms with E-state index >= 15 is 0 Å². The summed E-state index contributed by atoms with van der Waals surface area (Å²) in [7, 11) is 1.69. The molecule has 0 spiro atoms. The Balaban J connectivity index is 1.60. The molecule has 2 fully saturated rings. The molecule has 0 radical (unpaired) electrons. The second kappa shape index (κ2) is 8.61. The molecule has 1 N–H and O–H groups in total. The molecular weight excluding hydrogens is 418 g/mol. The number of carbonyl (C=O) groups is 2. The number of amides is 2. The predicted molar refractivity (Wildman–Crippen MR) is 113 cm³/mol. The van der Waals surface area contributed by atoms with Gasteiger partial charge in [0.25, 0.3) is 5.91 Å². The minimum atomic E-state index is -0.738. The summed E-state index contributed by atoms with van der Waals surface area (Å²) in [5.74, 6) is -1.78. The molecular formula is C23H28F2N4O3. The number of ether oxygens (including phenoxy) is 1. The molecule has 2 aromatic rings. The number of halogens is 2. The topological polar surface area (TPSA) is 76.5 Å². The maximum Gasteiger partial charge on any atom is 0.273 e. The second-order valence-electron chi connectivity index (χ2n) is 9.02. The van der Waals surface area contributed by atoms with Crippen molar-refractivity contribution in [2.45, 2.75) is 39.3 Å². The molecule has 2 aliphatic heterocycles. The molecule has 4 rings (SSSR count). The van der Waals surface area contributed by atoms with Crippen LogP contribution in [0.3, 0.4) is 0 Å². The molecule has 0 unspecified atom stereocenters. The lowest BCUT2D eigenvalue weighted by Gasteiger charge is -2.36. The van der Waals surface area contributed by atoms with Gasteiger partial charge >= 0.3 is 0 Å². The van der Waals surface area contributed by atoms with Gasteiger partial charge in [0.05, 0.1) is 25.5 Å². The monoisotopic (exact) mass is 446 g/mol. The molecule has 0 saturated carbocycles. The molecule has 2 amide bonds. The molecule has 2 aliphatic rings. The molecule has 1 aromatic carbocycles. The summed E-state index contributed by atoms with van der Waals surface area (Å²) < 4.78 is 35.7. The Labute approximate surface area is 185 Å². The van der Waals surface area contributed by atoms with Gasteiger partial charge in [-0.2, -0.15) is 5.10 Å². The summed E-state index contributed by atoms with van der Waals surface area (Å²) in [5, 5.41) is 7.03. The van der Waals surface area contributed by atoms with Gasteiger partial charge in [0.2, 0.25) is 5.91 Å². The van der Waals surface area contributed by atoms with Crippen LogP contribution in [0.4, 0.5) is 8.78 Å². The number of carbonyl (C=O) groups excluding carboxylic acids is 2. The third kappa shape index (κ3) is 4.01. The average molecular weight is 446 g/mol. The van der Waals surface area contributed by atoms with Crippen LogP contribution >= 0.6 is 0 Å². The number of aryl methyl sites for hydroxylation is 3. The van der Waals surface area contributed by atoms with Crippen LogP contribution in [0.1, 0.15) is 46.6 Å². The number of aromatic nitrogens is 2. The summed E-state index contributed by atoms with van der Waals surface area (Å²) in [4.78, 5) is 28.2. The Morgan fingerprint density at radius 2 is 1.91 bits per heavy atom. The van der Waals surface area contributed by atoms with Crippen molar-refractivity contribution in [2.24, 2.45) is 18.9 Å². The van der Waals surface area contributed by atoms with Crippen molar-refractivity contribution in [1.82, 2.24) is 20.0 Å². The fraction of sp³-hybridized carbons (Fsp3) is 0.522. The van der Waals surface area contributed by atoms with Crippen LogP contribution in [0.2, 0.25) is 0 Å². The standard InChI is InChI=1S/C23H28F2N4O3/c1-12-5-19(29(9-12)23(31)21-14(3)8-26-28(21)4)22(30)27-20(15-10-32-11-15)16-7-17(24)13(2)6-18(16)25/h6-8,12,15,19-20H,5,9-11H2,1-4H3,(H,27,30)/t12-,19-,20-/m1/s1. The van der Waals surface area contributed by atoms with E-state index in [1.54, 1.807) is 25.1 Å². The van der Waals surface area contributed by atoms with E-state index in [1.165, 1.54) is 11.6 Å². The van der Waals surface area contributed by atoms with Crippen LogP contribution in [-0.4, -0.2) is 52.3 Å². The van der Waals surface area contributed by atoms with E-state index in [0.29, 0.717) is 31.9 Å². The summed E-state index contributed by atoms with van der Waals surface area (Å²) in [6.07, 6.45) is 2.11. The molecule has 7 nitrogen and oxygen atoms in total. The average Bonchev–Trinajstić information content (AvgIpc) is 3.24. The molecule has 3 atom stereocenters. The Morgan fingerprint density at radius 1 is 1.19 bits per heavy atom. The summed E-state index contributed by atoms with van der Waals surface area (Å²) in [6.45, 7) is 6.40. The summed E-state index contributed by atoms with van der Waals surface area (Å²) in [6, 6.07) is 0.848. The quantitative estimate of drug-likeness (QED) is 0.766. The lowest BCUT2D eigenvalue weighted by Crippen LogP contribution is -2.50. The smallest absolute Gasteiger partial charge is 0.273 e. The Hall–Kier alpha value is -2.81. The zero-order valence-electron chi connectivity index (χ0n) is 18.7. The first-order valence-electron chi connectivity index (χ1n) is 10.8. The van der Waals surface area contributed by atoms with Crippen molar-refractivity contribution in [3.8, 4) is 0 Å². The molecule has 9 heteroatoms. The van der Waals surface area contributed by atoms with Crippen LogP contribution in [-0.2, 0) is 16.6 Å². The second-order valence-corrected chi connectivity index (χ2v) is 9.02. The maximum atomic E-state index is 14.7. The van der Waals surface area contributed by atoms with Gasteiger partial charge in [-0.15, -0.1) is 0 Å². The van der Waals surface area contributed by atoms with Crippen molar-refractivity contribution in [1.29, 1.82) is 0 Å². The number of likely N-dealkylation sites (tertiary alicyclic amines) is 1. The van der Waals surface area contributed by atoms with Gasteiger partial charge in [-0.25, -0.2) is 8.78 Å². The van der Waals surface area contributed by atoms with Crippen LogP contribution in [0.25, 0.3) is 0 Å². The van der Waals surface area contributed by atoms with Crippen LogP contribution < -0.4 is 5.32 Å². The van der Waals surface area contributed by atoms with Crippen LogP contribution in [0.5, 0.6) is 0 Å². The van der Waals surface area contributed by atoms with Crippen LogP contribution in [0.15, 0.2) is 18.3 Å². The molecule has 3 heterocycles. The molecule has 172 valence electrons. The van der Waals surface area contributed by atoms with Crippen molar-refractivity contribution in [3.63, 3.8) is 0 Å². The van der Waals surface area contributed by atoms with E-state index in [1.807, 2.05) is 6.92 Å². The summed E-state index contributed by atoms with van der Waals surface area (Å²) >= 11 is 0. The molecule has 1 aromatic heterocycles. The Kier molecular flexibility index (Phi) is 6.03. The van der Waals surface area contributed by atoms with E-state index < -0.39 is 23.7 Å². The lowest BCUT2D eigenvalue weighted by atomic mass is 9.90. The highest BCUT2D eigenvalue weighted by Crippen LogP contribution is 2.33. The first kappa shape index (κ1) is 22.4. The van der Waals surface area contributed by atoms with Gasteiger partial charge in [0.1, 0.15) is 23.4 Å². The van der Waals surface area contributed by atoms with Gasteiger partial charge in [0, 0.05) is 25.1 Å². The number of nitrogens with zero attached hydrogens (tertiary/aromatic N) is 3. The third-order valence-electron chi connectivity index (χ3n) is 6.44. The first-order chi connectivity index (χ1) is 15.2. The predicted octanol–water partition coefficient (Wildman–Crippen LogP) is 2.67. The number of rotatable bonds is 5. The highest BCUT2D eigenvalue weighted by atomic mass is 19.1. The summed E-state index contributed by atoms with van der Waals surface area (Å²) in [5.41, 5.74) is 1.47. The molecule has 32 heavy (non-hydrogen) atoms. The molecule has 0 bridgehead atoms. The Morgan fingerprint density at radius 3 is 2.50 bits per heavy atom. The van der Waals surface area contributed by atoms with Crippen LogP contribution in [0, 0.1) is 37.3 Å². The van der Waals surface area contributed by atoms with Gasteiger partial charge in [-0.05, 0) is 49.4 Å². The number of hydrogen-bond donors (Lipinski definition) is 1. The SMILES string of the molecule is Cc1cc(F)c([C@H](NC(=O)[C@H]2C[C@@H](C)CN2C(=O)c2c(C)cnn2C)C2COC2)cc1F. The van der Waals surface area contributed by atoms with E-state index in [2.05, 4.69) is 10.4 Å². The first-order valence-corrected chi connectivity index (χ1v) is 10.8. The van der Waals surface area contributed by atoms with E-state index in [-0.39, 0.29) is 34.8 Å². The molecule has 0 aliphatic carbocycles. The minimum absolute atomic E-state index is 0.0983. The zero-order chi connectivity index (χ0) is 23.2. The molecule has 2 saturated heterocycles. The fourth-order valence-electron chi connectivity index (χ4n) is 4.55. The highest BCUT2D eigenvalue weighted by Gasteiger charge is 2.42. The van der Waals surface area contributed by atoms with Crippen molar-refractivity contribution >= 4 is 11.8 Å². The zero-order valence-corrected chi connectivity index (χ0v) is 18.7. The number of hydrogen-bond acceptors (Lipinski definition) is 4. The highest BCUT2D eigenvalue weighted by molar-refractivity contribution is 5.97. The lowest BCUT2D eigenvalue weighted by molar-refractivity contribution is -0.128. The van der Waals surface area contributed by atoms with Crippen molar-refractivity contribution in [2.75, 3.05) is 19.8 Å². The minimum Gasteiger partial charge on any atom is -0.381 e. The maximum absolute atomic E-state index is 14.7. The largest absolute Gasteiger partial charge is 0.381 e. The van der Waals surface area contributed by atoms with Gasteiger partial charge in [-0.1, -0.05) is 6.92 Å². The normalized spacial score (nSPS) is 22.0. The Bertz CT molecular complexity index is 1030. The van der Waals surface area contributed by atoms with Crippen molar-refractivity contribution in [3.05, 3.63) is 52.3 Å². The third-order valence-corrected chi connectivity index (χ3v) is 6.44. The number of benzene rings is 1. The van der Waals surface area contributed by atoms with Crippen molar-refractivity contribution < 1.29 is 23.1 Å². The van der Waals surface area contributed by atoms with E-state index in [0.717, 1.165) is 17.7 Å². The van der Waals surface area contributed by atoms with E-state index in [4.69, 9.17) is 4.74 Å². The fourth-order valence-corrected chi connectivity index (χ4v) is 4.55. The number of nitrogens with one attached hydrogen (secondary N) is 1. The van der Waals surface area contributed by atoms with E-state index in [9.17, 15) is 18.4 Å². The van der Waals surface area contributed by atoms with Gasteiger partial charge in [-0.3, -0.25) is 14.3 Å².